The van der Waals surface area contributed by atoms with Crippen LogP contribution in [0.2, 0.25) is 0 Å². The minimum Gasteiger partial charge on any atom is -0.396 e. The van der Waals surface area contributed by atoms with Gasteiger partial charge in [-0.3, -0.25) is 4.99 Å². The van der Waals surface area contributed by atoms with Gasteiger partial charge in [0, 0.05) is 36.7 Å². The van der Waals surface area contributed by atoms with Crippen LogP contribution in [-0.2, 0) is 0 Å². The standard InChI is InChI=1S/C20H27N3OS/c1-16-8-10-19(11-9-16)25-13-12-22-20(21-2)23-14-18(15-24)17-6-4-3-5-7-17/h3-11,18,24H,12-15H2,1-2H3,(H2,21,22,23). The fourth-order valence-electron chi connectivity index (χ4n) is 2.43. The molecule has 0 heterocycles. The van der Waals surface area contributed by atoms with Crippen LogP contribution in [0.15, 0.2) is 64.5 Å². The fourth-order valence-corrected chi connectivity index (χ4v) is 3.19. The number of nitrogens with zero attached hydrogens (tertiary/aromatic N) is 1. The van der Waals surface area contributed by atoms with Crippen molar-refractivity contribution in [1.82, 2.24) is 10.6 Å². The summed E-state index contributed by atoms with van der Waals surface area (Å²) in [6.07, 6.45) is 0. The maximum Gasteiger partial charge on any atom is 0.191 e. The summed E-state index contributed by atoms with van der Waals surface area (Å²) in [5, 5.41) is 16.2. The van der Waals surface area contributed by atoms with E-state index in [9.17, 15) is 5.11 Å². The van der Waals surface area contributed by atoms with Crippen molar-refractivity contribution in [3.63, 3.8) is 0 Å². The van der Waals surface area contributed by atoms with Crippen molar-refractivity contribution in [2.24, 2.45) is 4.99 Å². The first kappa shape index (κ1) is 19.3. The Labute approximate surface area is 154 Å². The molecular weight excluding hydrogens is 330 g/mol. The molecule has 25 heavy (non-hydrogen) atoms. The fraction of sp³-hybridized carbons (Fsp3) is 0.350. The van der Waals surface area contributed by atoms with E-state index in [0.29, 0.717) is 6.54 Å². The summed E-state index contributed by atoms with van der Waals surface area (Å²) in [5.74, 6) is 1.78. The second kappa shape index (κ2) is 10.8. The summed E-state index contributed by atoms with van der Waals surface area (Å²) in [5.41, 5.74) is 2.41. The molecular formula is C20H27N3OS. The van der Waals surface area contributed by atoms with E-state index in [1.807, 2.05) is 42.1 Å². The Morgan fingerprint density at radius 1 is 1.08 bits per heavy atom. The Bertz CT molecular complexity index is 644. The van der Waals surface area contributed by atoms with E-state index in [1.54, 1.807) is 7.05 Å². The van der Waals surface area contributed by atoms with E-state index in [1.165, 1.54) is 10.5 Å². The lowest BCUT2D eigenvalue weighted by atomic mass is 10.0. The Morgan fingerprint density at radius 2 is 1.80 bits per heavy atom. The van der Waals surface area contributed by atoms with E-state index < -0.39 is 0 Å². The molecule has 1 atom stereocenters. The molecule has 0 aromatic heterocycles. The van der Waals surface area contributed by atoms with Crippen molar-refractivity contribution in [1.29, 1.82) is 0 Å². The van der Waals surface area contributed by atoms with Crippen LogP contribution in [0.4, 0.5) is 0 Å². The van der Waals surface area contributed by atoms with Gasteiger partial charge in [0.2, 0.25) is 0 Å². The van der Waals surface area contributed by atoms with E-state index >= 15 is 0 Å². The van der Waals surface area contributed by atoms with Gasteiger partial charge in [-0.25, -0.2) is 0 Å². The molecule has 0 radical (unpaired) electrons. The number of hydrogen-bond donors (Lipinski definition) is 3. The van der Waals surface area contributed by atoms with Crippen LogP contribution in [0.1, 0.15) is 17.0 Å². The lowest BCUT2D eigenvalue weighted by molar-refractivity contribution is 0.265. The molecule has 3 N–H and O–H groups in total. The number of benzene rings is 2. The number of hydrogen-bond acceptors (Lipinski definition) is 3. The Hall–Kier alpha value is -1.98. The smallest absolute Gasteiger partial charge is 0.191 e. The molecule has 0 aliphatic heterocycles. The van der Waals surface area contributed by atoms with Gasteiger partial charge < -0.3 is 15.7 Å². The third kappa shape index (κ3) is 6.80. The van der Waals surface area contributed by atoms with Crippen LogP contribution >= 0.6 is 11.8 Å². The molecule has 2 aromatic rings. The molecule has 4 nitrogen and oxygen atoms in total. The number of rotatable bonds is 8. The zero-order valence-corrected chi connectivity index (χ0v) is 15.7. The topological polar surface area (TPSA) is 56.7 Å². The lowest BCUT2D eigenvalue weighted by Crippen LogP contribution is -2.40. The molecule has 0 aliphatic carbocycles. The van der Waals surface area contributed by atoms with Crippen molar-refractivity contribution in [3.8, 4) is 0 Å². The highest BCUT2D eigenvalue weighted by Gasteiger charge is 2.10. The van der Waals surface area contributed by atoms with Crippen LogP contribution in [0, 0.1) is 6.92 Å². The van der Waals surface area contributed by atoms with Crippen LogP contribution < -0.4 is 10.6 Å². The molecule has 1 unspecified atom stereocenters. The van der Waals surface area contributed by atoms with E-state index in [2.05, 4.69) is 46.8 Å². The number of nitrogens with one attached hydrogen (secondary N) is 2. The van der Waals surface area contributed by atoms with E-state index in [-0.39, 0.29) is 12.5 Å². The lowest BCUT2D eigenvalue weighted by Gasteiger charge is -2.18. The van der Waals surface area contributed by atoms with Gasteiger partial charge in [-0.15, -0.1) is 11.8 Å². The first-order valence-electron chi connectivity index (χ1n) is 8.52. The monoisotopic (exact) mass is 357 g/mol. The van der Waals surface area contributed by atoms with Crippen LogP contribution in [0.25, 0.3) is 0 Å². The Kier molecular flexibility index (Phi) is 8.35. The summed E-state index contributed by atoms with van der Waals surface area (Å²) in [6, 6.07) is 18.6. The SMILES string of the molecule is CN=C(NCCSc1ccc(C)cc1)NCC(CO)c1ccccc1. The number of aliphatic hydroxyl groups is 1. The molecule has 134 valence electrons. The largest absolute Gasteiger partial charge is 0.396 e. The molecule has 0 spiro atoms. The molecule has 2 rings (SSSR count). The number of aliphatic imine (C=N–C) groups is 1. The molecule has 0 saturated carbocycles. The molecule has 0 aliphatic rings. The second-order valence-corrected chi connectivity index (χ2v) is 7.00. The first-order chi connectivity index (χ1) is 12.2. The average molecular weight is 358 g/mol. The Morgan fingerprint density at radius 3 is 2.44 bits per heavy atom. The third-order valence-electron chi connectivity index (χ3n) is 3.92. The van der Waals surface area contributed by atoms with Crippen molar-refractivity contribution in [2.45, 2.75) is 17.7 Å². The predicted molar refractivity (Wildman–Crippen MR) is 108 cm³/mol. The van der Waals surface area contributed by atoms with Crippen molar-refractivity contribution >= 4 is 17.7 Å². The Balaban J connectivity index is 1.72. The zero-order valence-electron chi connectivity index (χ0n) is 14.9. The summed E-state index contributed by atoms with van der Waals surface area (Å²) < 4.78 is 0. The minimum absolute atomic E-state index is 0.0571. The highest BCUT2D eigenvalue weighted by atomic mass is 32.2. The van der Waals surface area contributed by atoms with Crippen molar-refractivity contribution < 1.29 is 5.11 Å². The van der Waals surface area contributed by atoms with Crippen molar-refractivity contribution in [3.05, 3.63) is 65.7 Å². The van der Waals surface area contributed by atoms with Crippen LogP contribution in [-0.4, -0.2) is 43.6 Å². The average Bonchev–Trinajstić information content (AvgIpc) is 2.66. The normalized spacial score (nSPS) is 12.7. The molecule has 0 bridgehead atoms. The summed E-state index contributed by atoms with van der Waals surface area (Å²) in [4.78, 5) is 5.53. The van der Waals surface area contributed by atoms with Gasteiger partial charge in [0.05, 0.1) is 6.61 Å². The summed E-state index contributed by atoms with van der Waals surface area (Å²) in [6.45, 7) is 3.68. The highest BCUT2D eigenvalue weighted by molar-refractivity contribution is 7.99. The minimum atomic E-state index is 0.0571. The molecule has 0 amide bonds. The number of guanidine groups is 1. The second-order valence-electron chi connectivity index (χ2n) is 5.83. The van der Waals surface area contributed by atoms with Gasteiger partial charge in [-0.05, 0) is 24.6 Å². The van der Waals surface area contributed by atoms with Gasteiger partial charge in [0.15, 0.2) is 5.96 Å². The van der Waals surface area contributed by atoms with Gasteiger partial charge in [0.1, 0.15) is 0 Å². The molecule has 5 heteroatoms. The molecule has 2 aromatic carbocycles. The first-order valence-corrected chi connectivity index (χ1v) is 9.51. The molecule has 0 fully saturated rings. The maximum atomic E-state index is 9.62. The van der Waals surface area contributed by atoms with Gasteiger partial charge >= 0.3 is 0 Å². The van der Waals surface area contributed by atoms with Crippen LogP contribution in [0.5, 0.6) is 0 Å². The molecule has 0 saturated heterocycles. The third-order valence-corrected chi connectivity index (χ3v) is 4.93. The predicted octanol–water partition coefficient (Wildman–Crippen LogP) is 3.03. The van der Waals surface area contributed by atoms with Gasteiger partial charge in [0.25, 0.3) is 0 Å². The number of aliphatic hydroxyl groups excluding tert-OH is 1. The maximum absolute atomic E-state index is 9.62. The number of aryl methyl sites for hydroxylation is 1. The van der Waals surface area contributed by atoms with E-state index in [4.69, 9.17) is 0 Å². The van der Waals surface area contributed by atoms with E-state index in [0.717, 1.165) is 23.8 Å². The summed E-state index contributed by atoms with van der Waals surface area (Å²) >= 11 is 1.82. The quantitative estimate of drug-likeness (QED) is 0.294. The summed E-state index contributed by atoms with van der Waals surface area (Å²) in [7, 11) is 1.76. The van der Waals surface area contributed by atoms with Crippen LogP contribution in [0.3, 0.4) is 0 Å². The highest BCUT2D eigenvalue weighted by Crippen LogP contribution is 2.17. The van der Waals surface area contributed by atoms with Crippen molar-refractivity contribution in [2.75, 3.05) is 32.5 Å². The van der Waals surface area contributed by atoms with Gasteiger partial charge in [-0.1, -0.05) is 48.0 Å². The number of thioether (sulfide) groups is 1. The van der Waals surface area contributed by atoms with Gasteiger partial charge in [-0.2, -0.15) is 0 Å². The zero-order chi connectivity index (χ0) is 17.9.